The lowest BCUT2D eigenvalue weighted by Gasteiger charge is -2.38. The monoisotopic (exact) mass is 286 g/mol. The number of urea groups is 1. The molecule has 5 nitrogen and oxygen atoms in total. The molecular weight excluding hydrogens is 264 g/mol. The Morgan fingerprint density at radius 3 is 2.74 bits per heavy atom. The molecule has 108 valence electrons. The van der Waals surface area contributed by atoms with Crippen LogP contribution in [-0.4, -0.2) is 63.1 Å². The van der Waals surface area contributed by atoms with Gasteiger partial charge in [0.15, 0.2) is 0 Å². The second kappa shape index (κ2) is 6.03. The van der Waals surface area contributed by atoms with Crippen molar-refractivity contribution in [2.45, 2.75) is 51.2 Å². The molecule has 2 aliphatic heterocycles. The predicted molar refractivity (Wildman–Crippen MR) is 75.5 cm³/mol. The van der Waals surface area contributed by atoms with Crippen molar-refractivity contribution in [3.8, 4) is 0 Å². The van der Waals surface area contributed by atoms with Gasteiger partial charge >= 0.3 is 12.0 Å². The summed E-state index contributed by atoms with van der Waals surface area (Å²) in [7, 11) is 0. The fourth-order valence-corrected chi connectivity index (χ4v) is 4.04. The number of carboxylic acids is 1. The average molecular weight is 286 g/mol. The van der Waals surface area contributed by atoms with Crippen molar-refractivity contribution in [2.75, 3.05) is 18.1 Å². The second-order valence-electron chi connectivity index (χ2n) is 5.30. The fraction of sp³-hybridized carbons (Fsp3) is 0.846. The number of carboxylic acid groups (broad SMARTS) is 1. The third-order valence-electron chi connectivity index (χ3n) is 4.14. The minimum absolute atomic E-state index is 0.0791. The van der Waals surface area contributed by atoms with E-state index in [0.717, 1.165) is 25.0 Å². The van der Waals surface area contributed by atoms with Gasteiger partial charge in [0.1, 0.15) is 6.04 Å². The van der Waals surface area contributed by atoms with Crippen molar-refractivity contribution < 1.29 is 14.7 Å². The number of aliphatic carboxylic acids is 1. The predicted octanol–water partition coefficient (Wildman–Crippen LogP) is 1.87. The van der Waals surface area contributed by atoms with E-state index in [9.17, 15) is 14.7 Å². The van der Waals surface area contributed by atoms with E-state index in [1.165, 1.54) is 0 Å². The first-order chi connectivity index (χ1) is 9.06. The van der Waals surface area contributed by atoms with Gasteiger partial charge < -0.3 is 14.9 Å². The van der Waals surface area contributed by atoms with Crippen LogP contribution >= 0.6 is 11.8 Å². The summed E-state index contributed by atoms with van der Waals surface area (Å²) in [6.07, 6.45) is 2.99. The topological polar surface area (TPSA) is 60.9 Å². The number of rotatable bonds is 2. The van der Waals surface area contributed by atoms with Gasteiger partial charge in [-0.15, -0.1) is 0 Å². The molecule has 2 fully saturated rings. The van der Waals surface area contributed by atoms with Gasteiger partial charge in [0.05, 0.1) is 0 Å². The molecule has 0 spiro atoms. The third kappa shape index (κ3) is 2.83. The summed E-state index contributed by atoms with van der Waals surface area (Å²) < 4.78 is 0. The first kappa shape index (κ1) is 14.5. The van der Waals surface area contributed by atoms with Gasteiger partial charge in [0.2, 0.25) is 0 Å². The van der Waals surface area contributed by atoms with Crippen molar-refractivity contribution in [2.24, 2.45) is 0 Å². The van der Waals surface area contributed by atoms with Crippen molar-refractivity contribution in [3.05, 3.63) is 0 Å². The van der Waals surface area contributed by atoms with Crippen LogP contribution < -0.4 is 0 Å². The molecule has 2 amide bonds. The number of amides is 2. The zero-order chi connectivity index (χ0) is 14.0. The SMILES string of the molecule is CCC1CCC(C)N1C(=O)N1CCSCC1C(=O)O. The molecule has 0 aliphatic carbocycles. The normalized spacial score (nSPS) is 31.6. The number of hydrogen-bond acceptors (Lipinski definition) is 3. The lowest BCUT2D eigenvalue weighted by molar-refractivity contribution is -0.141. The standard InChI is InChI=1S/C13H22N2O3S/c1-3-10-5-4-9(2)15(10)13(18)14-6-7-19-8-11(14)12(16)17/h9-11H,3-8H2,1-2H3,(H,16,17). The van der Waals surface area contributed by atoms with E-state index in [-0.39, 0.29) is 18.1 Å². The minimum Gasteiger partial charge on any atom is -0.480 e. The maximum Gasteiger partial charge on any atom is 0.327 e. The van der Waals surface area contributed by atoms with Gasteiger partial charge in [-0.25, -0.2) is 9.59 Å². The van der Waals surface area contributed by atoms with Crippen LogP contribution in [0.4, 0.5) is 4.79 Å². The Bertz CT molecular complexity index is 364. The van der Waals surface area contributed by atoms with Gasteiger partial charge in [-0.3, -0.25) is 0 Å². The smallest absolute Gasteiger partial charge is 0.327 e. The summed E-state index contributed by atoms with van der Waals surface area (Å²) in [6, 6.07) is -0.255. The van der Waals surface area contributed by atoms with Crippen molar-refractivity contribution in [3.63, 3.8) is 0 Å². The quantitative estimate of drug-likeness (QED) is 0.842. The summed E-state index contributed by atoms with van der Waals surface area (Å²) in [6.45, 7) is 4.69. The molecule has 6 heteroatoms. The van der Waals surface area contributed by atoms with E-state index in [4.69, 9.17) is 0 Å². The summed E-state index contributed by atoms with van der Waals surface area (Å²) in [5.41, 5.74) is 0. The molecule has 0 aromatic rings. The van der Waals surface area contributed by atoms with Crippen LogP contribution in [0.1, 0.15) is 33.1 Å². The van der Waals surface area contributed by atoms with Crippen LogP contribution in [0.3, 0.4) is 0 Å². The molecule has 2 aliphatic rings. The molecule has 0 aromatic carbocycles. The maximum atomic E-state index is 12.7. The number of likely N-dealkylation sites (tertiary alicyclic amines) is 1. The summed E-state index contributed by atoms with van der Waals surface area (Å²) in [4.78, 5) is 27.4. The fourth-order valence-electron chi connectivity index (χ4n) is 3.00. The van der Waals surface area contributed by atoms with E-state index in [1.807, 2.05) is 4.90 Å². The van der Waals surface area contributed by atoms with Crippen LogP contribution in [0.25, 0.3) is 0 Å². The van der Waals surface area contributed by atoms with Crippen LogP contribution in [0.15, 0.2) is 0 Å². The molecule has 2 heterocycles. The lowest BCUT2D eigenvalue weighted by Crippen LogP contribution is -2.56. The largest absolute Gasteiger partial charge is 0.480 e. The molecule has 0 bridgehead atoms. The molecule has 19 heavy (non-hydrogen) atoms. The second-order valence-corrected chi connectivity index (χ2v) is 6.45. The summed E-state index contributed by atoms with van der Waals surface area (Å²) in [5.74, 6) is 0.440. The highest BCUT2D eigenvalue weighted by atomic mass is 32.2. The molecular formula is C13H22N2O3S. The number of hydrogen-bond donors (Lipinski definition) is 1. The minimum atomic E-state index is -0.888. The number of nitrogens with zero attached hydrogens (tertiary/aromatic N) is 2. The van der Waals surface area contributed by atoms with E-state index in [0.29, 0.717) is 12.3 Å². The highest BCUT2D eigenvalue weighted by Crippen LogP contribution is 2.29. The average Bonchev–Trinajstić information content (AvgIpc) is 2.79. The Morgan fingerprint density at radius 1 is 1.37 bits per heavy atom. The number of thioether (sulfide) groups is 1. The molecule has 2 rings (SSSR count). The Morgan fingerprint density at radius 2 is 2.11 bits per heavy atom. The Hall–Kier alpha value is -0.910. The van der Waals surface area contributed by atoms with Crippen molar-refractivity contribution in [1.82, 2.24) is 9.80 Å². The van der Waals surface area contributed by atoms with Crippen LogP contribution in [0.2, 0.25) is 0 Å². The summed E-state index contributed by atoms with van der Waals surface area (Å²) in [5, 5.41) is 9.26. The third-order valence-corrected chi connectivity index (χ3v) is 5.16. The van der Waals surface area contributed by atoms with Crippen LogP contribution in [0.5, 0.6) is 0 Å². The molecule has 0 saturated carbocycles. The Balaban J connectivity index is 2.14. The number of carbonyl (C=O) groups excluding carboxylic acids is 1. The zero-order valence-electron chi connectivity index (χ0n) is 11.5. The van der Waals surface area contributed by atoms with Crippen LogP contribution in [0, 0.1) is 0 Å². The first-order valence-electron chi connectivity index (χ1n) is 6.95. The van der Waals surface area contributed by atoms with Gasteiger partial charge in [-0.05, 0) is 26.2 Å². The highest BCUT2D eigenvalue weighted by molar-refractivity contribution is 7.99. The molecule has 0 aromatic heterocycles. The van der Waals surface area contributed by atoms with Gasteiger partial charge in [0, 0.05) is 30.1 Å². The van der Waals surface area contributed by atoms with E-state index in [1.54, 1.807) is 16.7 Å². The molecule has 2 saturated heterocycles. The van der Waals surface area contributed by atoms with E-state index < -0.39 is 12.0 Å². The van der Waals surface area contributed by atoms with Crippen LogP contribution in [-0.2, 0) is 4.79 Å². The van der Waals surface area contributed by atoms with Crippen molar-refractivity contribution in [1.29, 1.82) is 0 Å². The lowest BCUT2D eigenvalue weighted by atomic mass is 10.1. The van der Waals surface area contributed by atoms with E-state index in [2.05, 4.69) is 13.8 Å². The molecule has 0 radical (unpaired) electrons. The molecule has 1 N–H and O–H groups in total. The van der Waals surface area contributed by atoms with Crippen molar-refractivity contribution >= 4 is 23.8 Å². The summed E-state index contributed by atoms with van der Waals surface area (Å²) >= 11 is 1.61. The Labute approximate surface area is 118 Å². The highest BCUT2D eigenvalue weighted by Gasteiger charge is 2.40. The maximum absolute atomic E-state index is 12.7. The van der Waals surface area contributed by atoms with Gasteiger partial charge in [-0.2, -0.15) is 11.8 Å². The van der Waals surface area contributed by atoms with Gasteiger partial charge in [-0.1, -0.05) is 6.92 Å². The first-order valence-corrected chi connectivity index (χ1v) is 8.11. The number of carbonyl (C=O) groups is 2. The zero-order valence-corrected chi connectivity index (χ0v) is 12.4. The Kier molecular flexibility index (Phi) is 4.60. The molecule has 3 unspecified atom stereocenters. The molecule has 3 atom stereocenters. The van der Waals surface area contributed by atoms with E-state index >= 15 is 0 Å². The van der Waals surface area contributed by atoms with Gasteiger partial charge in [0.25, 0.3) is 0 Å².